The molecule has 0 aliphatic carbocycles. The Balaban J connectivity index is 0. The summed E-state index contributed by atoms with van der Waals surface area (Å²) >= 11 is 0. The predicted octanol–water partition coefficient (Wildman–Crippen LogP) is 4.51. The van der Waals surface area contributed by atoms with Crippen LogP contribution < -0.4 is 0 Å². The molecule has 10 nitrogen and oxygen atoms in total. The van der Waals surface area contributed by atoms with E-state index in [0.717, 1.165) is 38.5 Å². The molecular weight excluding hydrogens is 541 g/mol. The standard InChI is InChI=1S/C12H29O10P3.Nd/c1-3-5-7-9-11-19-25(18,20-12-10-8-6-4-2)22-24(16,17)21-23(13,14)15;/h3-12H2,1-2H3,(H,16,17)(H2,13,14,15);. The minimum atomic E-state index is -5.33. The average molecular weight is 571 g/mol. The largest absolute Gasteiger partial charge is 0.490 e. The number of phosphoric acid groups is 3. The molecule has 0 fully saturated rings. The van der Waals surface area contributed by atoms with Gasteiger partial charge in [-0.2, -0.15) is 8.62 Å². The number of unbranched alkanes of at least 4 members (excludes halogenated alkanes) is 6. The van der Waals surface area contributed by atoms with Gasteiger partial charge in [0.1, 0.15) is 0 Å². The minimum absolute atomic E-state index is 0. The Kier molecular flexibility index (Phi) is 18.0. The molecule has 0 rings (SSSR count). The number of hydrogen-bond acceptors (Lipinski definition) is 7. The number of rotatable bonds is 16. The van der Waals surface area contributed by atoms with Crippen molar-refractivity contribution in [1.82, 2.24) is 0 Å². The van der Waals surface area contributed by atoms with Crippen LogP contribution in [0.3, 0.4) is 0 Å². The van der Waals surface area contributed by atoms with Crippen LogP contribution in [0, 0.1) is 40.8 Å². The van der Waals surface area contributed by atoms with E-state index >= 15 is 0 Å². The molecule has 0 aromatic rings. The molecule has 0 spiro atoms. The first-order chi connectivity index (χ1) is 11.5. The third kappa shape index (κ3) is 17.8. The van der Waals surface area contributed by atoms with Gasteiger partial charge >= 0.3 is 23.5 Å². The van der Waals surface area contributed by atoms with Gasteiger partial charge in [0.05, 0.1) is 13.2 Å². The monoisotopic (exact) mass is 568 g/mol. The molecular formula is C12H29NdO10P3. The summed E-state index contributed by atoms with van der Waals surface area (Å²) in [4.78, 5) is 26.6. The first-order valence-corrected chi connectivity index (χ1v) is 12.7. The van der Waals surface area contributed by atoms with Gasteiger partial charge in [-0.25, -0.2) is 13.7 Å². The van der Waals surface area contributed by atoms with Gasteiger partial charge in [-0.3, -0.25) is 9.05 Å². The quantitative estimate of drug-likeness (QED) is 0.179. The molecule has 0 heterocycles. The molecule has 0 amide bonds. The van der Waals surface area contributed by atoms with E-state index in [2.05, 4.69) is 8.62 Å². The van der Waals surface area contributed by atoms with Crippen molar-refractivity contribution in [1.29, 1.82) is 0 Å². The van der Waals surface area contributed by atoms with Crippen molar-refractivity contribution in [2.75, 3.05) is 13.2 Å². The Hall–Kier alpha value is 1.76. The van der Waals surface area contributed by atoms with Gasteiger partial charge in [-0.1, -0.05) is 52.4 Å². The van der Waals surface area contributed by atoms with Crippen molar-refractivity contribution in [3.63, 3.8) is 0 Å². The van der Waals surface area contributed by atoms with Gasteiger partial charge in [0, 0.05) is 40.8 Å². The fraction of sp³-hybridized carbons (Fsp3) is 1.00. The van der Waals surface area contributed by atoms with Gasteiger partial charge in [-0.05, 0) is 12.8 Å². The summed E-state index contributed by atoms with van der Waals surface area (Å²) in [5.74, 6) is 0. The third-order valence-corrected chi connectivity index (χ3v) is 7.21. The van der Waals surface area contributed by atoms with E-state index in [1.54, 1.807) is 0 Å². The zero-order valence-corrected chi connectivity index (χ0v) is 21.0. The first-order valence-electron chi connectivity index (χ1n) is 8.23. The van der Waals surface area contributed by atoms with E-state index in [-0.39, 0.29) is 54.1 Å². The van der Waals surface area contributed by atoms with E-state index < -0.39 is 23.5 Å². The van der Waals surface area contributed by atoms with Crippen LogP contribution in [-0.4, -0.2) is 27.9 Å². The molecule has 0 aliphatic rings. The summed E-state index contributed by atoms with van der Waals surface area (Å²) < 4.78 is 52.7. The van der Waals surface area contributed by atoms with Gasteiger partial charge in [0.15, 0.2) is 0 Å². The molecule has 0 saturated carbocycles. The van der Waals surface area contributed by atoms with Crippen LogP contribution in [0.4, 0.5) is 0 Å². The molecule has 1 unspecified atom stereocenters. The number of phosphoric ester groups is 1. The summed E-state index contributed by atoms with van der Waals surface area (Å²) in [6, 6.07) is 0. The van der Waals surface area contributed by atoms with E-state index in [9.17, 15) is 18.6 Å². The average Bonchev–Trinajstić information content (AvgIpc) is 2.43. The summed E-state index contributed by atoms with van der Waals surface area (Å²) in [7, 11) is -15.2. The van der Waals surface area contributed by atoms with Gasteiger partial charge in [-0.15, -0.1) is 0 Å². The van der Waals surface area contributed by atoms with Gasteiger partial charge in [0.25, 0.3) is 0 Å². The maximum atomic E-state index is 12.4. The van der Waals surface area contributed by atoms with E-state index in [0.29, 0.717) is 12.8 Å². The Morgan fingerprint density at radius 1 is 0.692 bits per heavy atom. The van der Waals surface area contributed by atoms with Crippen molar-refractivity contribution in [3.05, 3.63) is 0 Å². The smallest absolute Gasteiger partial charge is 0.302 e. The fourth-order valence-corrected chi connectivity index (χ4v) is 5.40. The molecule has 14 heteroatoms. The van der Waals surface area contributed by atoms with Crippen LogP contribution in [-0.2, 0) is 31.4 Å². The normalized spacial score (nSPS) is 14.7. The summed E-state index contributed by atoms with van der Waals surface area (Å²) in [6.07, 6.45) is 6.46. The summed E-state index contributed by atoms with van der Waals surface area (Å²) in [6.45, 7) is 3.91. The van der Waals surface area contributed by atoms with Crippen molar-refractivity contribution in [2.45, 2.75) is 65.2 Å². The Morgan fingerprint density at radius 3 is 1.46 bits per heavy atom. The molecule has 0 bridgehead atoms. The molecule has 156 valence electrons. The fourth-order valence-electron chi connectivity index (χ4n) is 1.77. The maximum absolute atomic E-state index is 12.4. The van der Waals surface area contributed by atoms with Crippen LogP contribution in [0.1, 0.15) is 65.2 Å². The molecule has 26 heavy (non-hydrogen) atoms. The second kappa shape index (κ2) is 15.6. The second-order valence-corrected chi connectivity index (χ2v) is 9.99. The van der Waals surface area contributed by atoms with Crippen LogP contribution in [0.5, 0.6) is 0 Å². The van der Waals surface area contributed by atoms with Crippen molar-refractivity contribution >= 4 is 23.5 Å². The zero-order valence-electron chi connectivity index (χ0n) is 15.1. The Labute approximate surface area is 187 Å². The maximum Gasteiger partial charge on any atom is 0.490 e. The van der Waals surface area contributed by atoms with Crippen molar-refractivity contribution in [3.8, 4) is 0 Å². The molecule has 0 aromatic carbocycles. The van der Waals surface area contributed by atoms with Crippen molar-refractivity contribution in [2.24, 2.45) is 0 Å². The van der Waals surface area contributed by atoms with Gasteiger partial charge in [0.2, 0.25) is 0 Å². The number of hydrogen-bond donors (Lipinski definition) is 3. The second-order valence-electron chi connectivity index (χ2n) is 5.36. The van der Waals surface area contributed by atoms with E-state index in [1.807, 2.05) is 13.8 Å². The SMILES string of the molecule is CCCCCCOP(=O)(OCCCCCC)OP(=O)(O)OP(=O)(O)O.[Nd]. The Morgan fingerprint density at radius 2 is 1.12 bits per heavy atom. The third-order valence-electron chi connectivity index (χ3n) is 2.91. The van der Waals surface area contributed by atoms with Crippen molar-refractivity contribution < 1.29 is 86.9 Å². The summed E-state index contributed by atoms with van der Waals surface area (Å²) in [5.41, 5.74) is 0. The van der Waals surface area contributed by atoms with Crippen LogP contribution in [0.2, 0.25) is 0 Å². The first kappa shape index (κ1) is 30.0. The minimum Gasteiger partial charge on any atom is -0.302 e. The zero-order chi connectivity index (χ0) is 19.4. The van der Waals surface area contributed by atoms with Crippen LogP contribution in [0.15, 0.2) is 0 Å². The van der Waals surface area contributed by atoms with E-state index in [4.69, 9.17) is 18.8 Å². The molecule has 3 N–H and O–H groups in total. The van der Waals surface area contributed by atoms with E-state index in [1.165, 1.54) is 0 Å². The predicted molar refractivity (Wildman–Crippen MR) is 91.8 cm³/mol. The molecule has 0 aromatic heterocycles. The molecule has 1 atom stereocenters. The van der Waals surface area contributed by atoms with Gasteiger partial charge < -0.3 is 14.7 Å². The molecule has 0 aliphatic heterocycles. The summed E-state index contributed by atoms with van der Waals surface area (Å²) in [5, 5.41) is 0. The topological polar surface area (TPSA) is 149 Å². The Bertz CT molecular complexity index is 480. The van der Waals surface area contributed by atoms with Crippen LogP contribution in [0.25, 0.3) is 0 Å². The van der Waals surface area contributed by atoms with Crippen LogP contribution >= 0.6 is 23.5 Å². The molecule has 0 saturated heterocycles. The molecule has 0 radical (unpaired) electrons.